The largest absolute Gasteiger partial charge is 0.481 e. The molecular formula is C11H14N2O2. The molecule has 0 bridgehead atoms. The van der Waals surface area contributed by atoms with Crippen LogP contribution in [0.5, 0.6) is 0 Å². The summed E-state index contributed by atoms with van der Waals surface area (Å²) in [6, 6.07) is 4.08. The molecule has 1 rings (SSSR count). The van der Waals surface area contributed by atoms with E-state index in [9.17, 15) is 4.79 Å². The van der Waals surface area contributed by atoms with Gasteiger partial charge in [-0.2, -0.15) is 5.26 Å². The third-order valence-corrected chi connectivity index (χ3v) is 2.37. The van der Waals surface area contributed by atoms with Gasteiger partial charge >= 0.3 is 5.97 Å². The molecule has 4 nitrogen and oxygen atoms in total. The van der Waals surface area contributed by atoms with Gasteiger partial charge in [0.1, 0.15) is 11.8 Å². The molecule has 1 heterocycles. The zero-order valence-electron chi connectivity index (χ0n) is 8.95. The SMILES string of the molecule is Cc1cc(C)n(CCCC(=O)O)c1C#N. The van der Waals surface area contributed by atoms with Gasteiger partial charge in [0.15, 0.2) is 0 Å². The quantitative estimate of drug-likeness (QED) is 0.817. The van der Waals surface area contributed by atoms with E-state index in [4.69, 9.17) is 10.4 Å². The topological polar surface area (TPSA) is 66.0 Å². The Morgan fingerprint density at radius 3 is 2.80 bits per heavy atom. The Hall–Kier alpha value is -1.76. The summed E-state index contributed by atoms with van der Waals surface area (Å²) in [6.07, 6.45) is 0.695. The van der Waals surface area contributed by atoms with E-state index in [0.717, 1.165) is 11.3 Å². The van der Waals surface area contributed by atoms with Gasteiger partial charge in [0.25, 0.3) is 0 Å². The maximum atomic E-state index is 10.4. The van der Waals surface area contributed by atoms with E-state index in [2.05, 4.69) is 6.07 Å². The van der Waals surface area contributed by atoms with Crippen molar-refractivity contribution in [2.45, 2.75) is 33.2 Å². The van der Waals surface area contributed by atoms with Gasteiger partial charge in [-0.15, -0.1) is 0 Å². The number of hydrogen-bond acceptors (Lipinski definition) is 2. The van der Waals surface area contributed by atoms with E-state index in [0.29, 0.717) is 18.7 Å². The summed E-state index contributed by atoms with van der Waals surface area (Å²) in [4.78, 5) is 10.4. The Morgan fingerprint density at radius 1 is 1.60 bits per heavy atom. The Morgan fingerprint density at radius 2 is 2.27 bits per heavy atom. The van der Waals surface area contributed by atoms with Crippen molar-refractivity contribution in [2.24, 2.45) is 0 Å². The van der Waals surface area contributed by atoms with Crippen molar-refractivity contribution in [3.05, 3.63) is 23.0 Å². The molecule has 0 amide bonds. The number of aromatic nitrogens is 1. The molecule has 1 aromatic heterocycles. The molecule has 0 fully saturated rings. The molecule has 0 spiro atoms. The van der Waals surface area contributed by atoms with Crippen LogP contribution in [-0.4, -0.2) is 15.6 Å². The smallest absolute Gasteiger partial charge is 0.303 e. The predicted octanol–water partition coefficient (Wildman–Crippen LogP) is 1.84. The fourth-order valence-corrected chi connectivity index (χ4v) is 1.67. The first-order valence-corrected chi connectivity index (χ1v) is 4.85. The third kappa shape index (κ3) is 2.59. The van der Waals surface area contributed by atoms with E-state index in [1.165, 1.54) is 0 Å². The average molecular weight is 206 g/mol. The molecule has 0 atom stereocenters. The minimum Gasteiger partial charge on any atom is -0.481 e. The van der Waals surface area contributed by atoms with E-state index in [-0.39, 0.29) is 6.42 Å². The first kappa shape index (κ1) is 11.3. The maximum Gasteiger partial charge on any atom is 0.303 e. The molecule has 0 unspecified atom stereocenters. The molecule has 0 aliphatic heterocycles. The van der Waals surface area contributed by atoms with E-state index >= 15 is 0 Å². The van der Waals surface area contributed by atoms with Crippen molar-refractivity contribution in [3.63, 3.8) is 0 Å². The van der Waals surface area contributed by atoms with Crippen LogP contribution < -0.4 is 0 Å². The van der Waals surface area contributed by atoms with Gasteiger partial charge in [0.05, 0.1) is 0 Å². The van der Waals surface area contributed by atoms with Gasteiger partial charge in [-0.05, 0) is 31.9 Å². The minimum atomic E-state index is -0.796. The lowest BCUT2D eigenvalue weighted by molar-refractivity contribution is -0.137. The lowest BCUT2D eigenvalue weighted by atomic mass is 10.3. The highest BCUT2D eigenvalue weighted by molar-refractivity contribution is 5.66. The van der Waals surface area contributed by atoms with Crippen LogP contribution >= 0.6 is 0 Å². The standard InChI is InChI=1S/C11H14N2O2/c1-8-6-9(2)13(10(8)7-12)5-3-4-11(14)15/h6H,3-5H2,1-2H3,(H,14,15). The van der Waals surface area contributed by atoms with Crippen molar-refractivity contribution >= 4 is 5.97 Å². The lowest BCUT2D eigenvalue weighted by Crippen LogP contribution is -2.05. The number of aryl methyl sites for hydroxylation is 2. The first-order valence-electron chi connectivity index (χ1n) is 4.85. The molecule has 0 saturated heterocycles. The molecule has 15 heavy (non-hydrogen) atoms. The highest BCUT2D eigenvalue weighted by Crippen LogP contribution is 2.14. The van der Waals surface area contributed by atoms with Crippen molar-refractivity contribution in [1.82, 2.24) is 4.57 Å². The molecule has 0 saturated carbocycles. The van der Waals surface area contributed by atoms with Crippen molar-refractivity contribution in [1.29, 1.82) is 5.26 Å². The number of carbonyl (C=O) groups is 1. The highest BCUT2D eigenvalue weighted by atomic mass is 16.4. The molecular weight excluding hydrogens is 192 g/mol. The van der Waals surface area contributed by atoms with Gasteiger partial charge in [-0.3, -0.25) is 4.79 Å². The third-order valence-electron chi connectivity index (χ3n) is 2.37. The molecule has 1 aromatic rings. The zero-order valence-corrected chi connectivity index (χ0v) is 8.95. The molecule has 1 N–H and O–H groups in total. The second kappa shape index (κ2) is 4.65. The van der Waals surface area contributed by atoms with Crippen molar-refractivity contribution in [3.8, 4) is 6.07 Å². The van der Waals surface area contributed by atoms with Crippen molar-refractivity contribution < 1.29 is 9.90 Å². The van der Waals surface area contributed by atoms with Gasteiger partial charge < -0.3 is 9.67 Å². The summed E-state index contributed by atoms with van der Waals surface area (Å²) in [5.74, 6) is -0.796. The van der Waals surface area contributed by atoms with E-state index in [1.54, 1.807) is 0 Å². The molecule has 80 valence electrons. The number of rotatable bonds is 4. The zero-order chi connectivity index (χ0) is 11.4. The lowest BCUT2D eigenvalue weighted by Gasteiger charge is -2.06. The number of carboxylic acids is 1. The summed E-state index contributed by atoms with van der Waals surface area (Å²) in [6.45, 7) is 4.41. The first-order chi connectivity index (χ1) is 7.06. The Balaban J connectivity index is 2.76. The number of nitrogens with zero attached hydrogens (tertiary/aromatic N) is 2. The van der Waals surface area contributed by atoms with E-state index < -0.39 is 5.97 Å². The maximum absolute atomic E-state index is 10.4. The van der Waals surface area contributed by atoms with Crippen LogP contribution in [0.1, 0.15) is 29.8 Å². The summed E-state index contributed by atoms with van der Waals surface area (Å²) >= 11 is 0. The van der Waals surface area contributed by atoms with Gasteiger partial charge in [0.2, 0.25) is 0 Å². The summed E-state index contributed by atoms with van der Waals surface area (Å²) in [5.41, 5.74) is 2.60. The predicted molar refractivity (Wildman–Crippen MR) is 55.5 cm³/mol. The number of carboxylic acid groups (broad SMARTS) is 1. The van der Waals surface area contributed by atoms with Crippen LogP contribution in [0.25, 0.3) is 0 Å². The minimum absolute atomic E-state index is 0.140. The van der Waals surface area contributed by atoms with Crippen LogP contribution in [-0.2, 0) is 11.3 Å². The van der Waals surface area contributed by atoms with Crippen LogP contribution in [0.15, 0.2) is 6.07 Å². The normalized spacial score (nSPS) is 9.93. The van der Waals surface area contributed by atoms with Crippen molar-refractivity contribution in [2.75, 3.05) is 0 Å². The highest BCUT2D eigenvalue weighted by Gasteiger charge is 2.09. The molecule has 0 radical (unpaired) electrons. The van der Waals surface area contributed by atoms with Crippen LogP contribution in [0, 0.1) is 25.2 Å². The van der Waals surface area contributed by atoms with Gasteiger partial charge in [-0.25, -0.2) is 0 Å². The van der Waals surface area contributed by atoms with Gasteiger partial charge in [-0.1, -0.05) is 0 Å². The fraction of sp³-hybridized carbons (Fsp3) is 0.455. The van der Waals surface area contributed by atoms with Crippen LogP contribution in [0.4, 0.5) is 0 Å². The number of aliphatic carboxylic acids is 1. The molecule has 0 aliphatic carbocycles. The molecule has 4 heteroatoms. The Labute approximate surface area is 88.8 Å². The van der Waals surface area contributed by atoms with Gasteiger partial charge in [0, 0.05) is 18.7 Å². The number of hydrogen-bond donors (Lipinski definition) is 1. The van der Waals surface area contributed by atoms with E-state index in [1.807, 2.05) is 24.5 Å². The monoisotopic (exact) mass is 206 g/mol. The fourth-order valence-electron chi connectivity index (χ4n) is 1.67. The summed E-state index contributed by atoms with van der Waals surface area (Å²) in [7, 11) is 0. The summed E-state index contributed by atoms with van der Waals surface area (Å²) in [5, 5.41) is 17.5. The second-order valence-corrected chi connectivity index (χ2v) is 3.58. The molecule has 0 aliphatic rings. The average Bonchev–Trinajstić information content (AvgIpc) is 2.41. The molecule has 0 aromatic carbocycles. The Kier molecular flexibility index (Phi) is 3.51. The number of nitriles is 1. The van der Waals surface area contributed by atoms with Crippen LogP contribution in [0.2, 0.25) is 0 Å². The second-order valence-electron chi connectivity index (χ2n) is 3.58. The van der Waals surface area contributed by atoms with Crippen LogP contribution in [0.3, 0.4) is 0 Å². The summed E-state index contributed by atoms with van der Waals surface area (Å²) < 4.78 is 1.87. The Bertz CT molecular complexity index is 413.